The highest BCUT2D eigenvalue weighted by Gasteiger charge is 2.31. The number of alkyl halides is 1. The number of nitrogens with zero attached hydrogens (tertiary/aromatic N) is 1. The second-order valence-electron chi connectivity index (χ2n) is 5.39. The second-order valence-corrected chi connectivity index (χ2v) is 7.95. The van der Waals surface area contributed by atoms with E-state index in [1.807, 2.05) is 6.92 Å². The van der Waals surface area contributed by atoms with Gasteiger partial charge < -0.3 is 0 Å². The molecule has 1 saturated carbocycles. The lowest BCUT2D eigenvalue weighted by atomic mass is 9.95. The van der Waals surface area contributed by atoms with Gasteiger partial charge in [0.15, 0.2) is 0 Å². The lowest BCUT2D eigenvalue weighted by Crippen LogP contribution is -2.41. The standard InChI is InChI=1S/C15H21Cl2NO2S/c1-2-18(13-6-4-3-5-7-13)21(19,20)14-8-9-15(17)12(10-14)11-16/h8-10,13H,2-7,11H2,1H3. The highest BCUT2D eigenvalue weighted by molar-refractivity contribution is 7.89. The molecule has 0 spiro atoms. The van der Waals surface area contributed by atoms with Crippen molar-refractivity contribution in [1.29, 1.82) is 0 Å². The van der Waals surface area contributed by atoms with Crippen LogP contribution in [-0.2, 0) is 15.9 Å². The zero-order valence-corrected chi connectivity index (χ0v) is 14.5. The van der Waals surface area contributed by atoms with Crippen molar-refractivity contribution in [2.75, 3.05) is 6.54 Å². The molecule has 0 aromatic heterocycles. The normalized spacial score (nSPS) is 17.3. The van der Waals surface area contributed by atoms with E-state index in [0.29, 0.717) is 17.1 Å². The van der Waals surface area contributed by atoms with Crippen molar-refractivity contribution in [3.05, 3.63) is 28.8 Å². The summed E-state index contributed by atoms with van der Waals surface area (Å²) in [6, 6.07) is 4.89. The van der Waals surface area contributed by atoms with Gasteiger partial charge in [-0.3, -0.25) is 0 Å². The molecule has 2 rings (SSSR count). The van der Waals surface area contributed by atoms with Crippen LogP contribution in [0.5, 0.6) is 0 Å². The van der Waals surface area contributed by atoms with Gasteiger partial charge in [0, 0.05) is 23.5 Å². The first-order valence-corrected chi connectivity index (χ1v) is 9.72. The van der Waals surface area contributed by atoms with Crippen LogP contribution in [-0.4, -0.2) is 25.3 Å². The summed E-state index contributed by atoms with van der Waals surface area (Å²) in [7, 11) is -3.48. The van der Waals surface area contributed by atoms with E-state index in [-0.39, 0.29) is 16.8 Å². The maximum atomic E-state index is 12.9. The zero-order chi connectivity index (χ0) is 15.5. The molecule has 0 radical (unpaired) electrons. The smallest absolute Gasteiger partial charge is 0.207 e. The van der Waals surface area contributed by atoms with Crippen LogP contribution in [0.3, 0.4) is 0 Å². The molecule has 0 bridgehead atoms. The Labute approximate surface area is 137 Å². The van der Waals surface area contributed by atoms with Crippen molar-refractivity contribution in [2.24, 2.45) is 0 Å². The summed E-state index contributed by atoms with van der Waals surface area (Å²) in [5.41, 5.74) is 0.652. The summed E-state index contributed by atoms with van der Waals surface area (Å²) in [4.78, 5) is 0.287. The van der Waals surface area contributed by atoms with Crippen molar-refractivity contribution < 1.29 is 8.42 Å². The first-order valence-electron chi connectivity index (χ1n) is 7.37. The topological polar surface area (TPSA) is 37.4 Å². The zero-order valence-electron chi connectivity index (χ0n) is 12.2. The van der Waals surface area contributed by atoms with E-state index in [4.69, 9.17) is 23.2 Å². The summed E-state index contributed by atoms with van der Waals surface area (Å²) in [5, 5.41) is 0.504. The number of hydrogen-bond donors (Lipinski definition) is 0. The minimum atomic E-state index is -3.48. The number of halogens is 2. The van der Waals surface area contributed by atoms with Crippen molar-refractivity contribution in [3.8, 4) is 0 Å². The predicted molar refractivity (Wildman–Crippen MR) is 87.4 cm³/mol. The van der Waals surface area contributed by atoms with Gasteiger partial charge in [0.1, 0.15) is 0 Å². The molecule has 1 aliphatic rings. The molecule has 0 heterocycles. The molecule has 1 aliphatic carbocycles. The lowest BCUT2D eigenvalue weighted by Gasteiger charge is -2.32. The molecule has 1 aromatic carbocycles. The molecular weight excluding hydrogens is 329 g/mol. The van der Waals surface area contributed by atoms with Crippen LogP contribution in [0.1, 0.15) is 44.6 Å². The van der Waals surface area contributed by atoms with Gasteiger partial charge in [-0.2, -0.15) is 4.31 Å². The van der Waals surface area contributed by atoms with Crippen LogP contribution < -0.4 is 0 Å². The predicted octanol–water partition coefficient (Wildman–Crippen LogP) is 4.42. The van der Waals surface area contributed by atoms with Gasteiger partial charge >= 0.3 is 0 Å². The van der Waals surface area contributed by atoms with E-state index in [1.165, 1.54) is 6.42 Å². The van der Waals surface area contributed by atoms with Gasteiger partial charge in [0.05, 0.1) is 4.90 Å². The molecule has 118 valence electrons. The molecule has 21 heavy (non-hydrogen) atoms. The molecule has 0 unspecified atom stereocenters. The van der Waals surface area contributed by atoms with Gasteiger partial charge in [0.2, 0.25) is 10.0 Å². The molecule has 6 heteroatoms. The monoisotopic (exact) mass is 349 g/mol. The van der Waals surface area contributed by atoms with Crippen LogP contribution >= 0.6 is 23.2 Å². The average molecular weight is 350 g/mol. The fourth-order valence-electron chi connectivity index (χ4n) is 2.94. The summed E-state index contributed by atoms with van der Waals surface area (Å²) in [5.74, 6) is 0.206. The Balaban J connectivity index is 2.34. The summed E-state index contributed by atoms with van der Waals surface area (Å²) < 4.78 is 27.4. The van der Waals surface area contributed by atoms with Crippen molar-refractivity contribution in [3.63, 3.8) is 0 Å². The quantitative estimate of drug-likeness (QED) is 0.737. The summed E-state index contributed by atoms with van der Waals surface area (Å²) in [6.07, 6.45) is 5.30. The minimum Gasteiger partial charge on any atom is -0.207 e. The number of sulfonamides is 1. The van der Waals surface area contributed by atoms with Crippen molar-refractivity contribution >= 4 is 33.2 Å². The lowest BCUT2D eigenvalue weighted by molar-refractivity contribution is 0.261. The summed E-state index contributed by atoms with van der Waals surface area (Å²) >= 11 is 11.8. The Morgan fingerprint density at radius 3 is 2.48 bits per heavy atom. The first kappa shape index (κ1) is 17.1. The fourth-order valence-corrected chi connectivity index (χ4v) is 5.16. The largest absolute Gasteiger partial charge is 0.243 e. The van der Waals surface area contributed by atoms with E-state index in [1.54, 1.807) is 22.5 Å². The molecule has 0 saturated heterocycles. The van der Waals surface area contributed by atoms with Gasteiger partial charge in [-0.15, -0.1) is 11.6 Å². The van der Waals surface area contributed by atoms with Gasteiger partial charge in [0.25, 0.3) is 0 Å². The van der Waals surface area contributed by atoms with Crippen LogP contribution in [0.25, 0.3) is 0 Å². The van der Waals surface area contributed by atoms with E-state index < -0.39 is 10.0 Å². The van der Waals surface area contributed by atoms with E-state index in [0.717, 1.165) is 25.7 Å². The van der Waals surface area contributed by atoms with Crippen LogP contribution in [0.15, 0.2) is 23.1 Å². The molecule has 3 nitrogen and oxygen atoms in total. The summed E-state index contributed by atoms with van der Waals surface area (Å²) in [6.45, 7) is 2.39. The highest BCUT2D eigenvalue weighted by Crippen LogP contribution is 2.29. The van der Waals surface area contributed by atoms with Gasteiger partial charge in [-0.1, -0.05) is 37.8 Å². The van der Waals surface area contributed by atoms with Crippen LogP contribution in [0, 0.1) is 0 Å². The van der Waals surface area contributed by atoms with E-state index >= 15 is 0 Å². The Morgan fingerprint density at radius 2 is 1.90 bits per heavy atom. The molecule has 1 aromatic rings. The Bertz CT molecular complexity index is 583. The second kappa shape index (κ2) is 7.32. The van der Waals surface area contributed by atoms with Crippen molar-refractivity contribution in [2.45, 2.75) is 55.8 Å². The van der Waals surface area contributed by atoms with Gasteiger partial charge in [-0.05, 0) is 36.6 Å². The van der Waals surface area contributed by atoms with Crippen LogP contribution in [0.2, 0.25) is 5.02 Å². The first-order chi connectivity index (χ1) is 10.0. The maximum Gasteiger partial charge on any atom is 0.243 e. The van der Waals surface area contributed by atoms with E-state index in [9.17, 15) is 8.42 Å². The van der Waals surface area contributed by atoms with E-state index in [2.05, 4.69) is 0 Å². The Kier molecular flexibility index (Phi) is 5.95. The molecule has 0 aliphatic heterocycles. The molecule has 0 N–H and O–H groups in total. The van der Waals surface area contributed by atoms with Crippen LogP contribution in [0.4, 0.5) is 0 Å². The molecular formula is C15H21Cl2NO2S. The number of hydrogen-bond acceptors (Lipinski definition) is 2. The highest BCUT2D eigenvalue weighted by atomic mass is 35.5. The average Bonchev–Trinajstić information content (AvgIpc) is 2.49. The fraction of sp³-hybridized carbons (Fsp3) is 0.600. The van der Waals surface area contributed by atoms with Crippen molar-refractivity contribution in [1.82, 2.24) is 4.31 Å². The Morgan fingerprint density at radius 1 is 1.24 bits per heavy atom. The molecule has 0 amide bonds. The molecule has 0 atom stereocenters. The Hall–Kier alpha value is -0.290. The third-order valence-electron chi connectivity index (χ3n) is 4.06. The maximum absolute atomic E-state index is 12.9. The van der Waals surface area contributed by atoms with Gasteiger partial charge in [-0.25, -0.2) is 8.42 Å². The third kappa shape index (κ3) is 3.73. The minimum absolute atomic E-state index is 0.115. The SMILES string of the molecule is CCN(C1CCCCC1)S(=O)(=O)c1ccc(Cl)c(CCl)c1. The number of benzene rings is 1. The third-order valence-corrected chi connectivity index (χ3v) is 6.74. The number of rotatable bonds is 5. The molecule has 1 fully saturated rings.